The molecule has 66 valence electrons. The van der Waals surface area contributed by atoms with Crippen LogP contribution in [0.1, 0.15) is 5.56 Å². The maximum atomic E-state index is 5.49. The van der Waals surface area contributed by atoms with Crippen LogP contribution in [0.3, 0.4) is 0 Å². The first kappa shape index (κ1) is 7.79. The van der Waals surface area contributed by atoms with Gasteiger partial charge in [-0.1, -0.05) is 0 Å². The van der Waals surface area contributed by atoms with Crippen molar-refractivity contribution < 1.29 is 0 Å². The molecule has 0 bridgehead atoms. The molecule has 2 aromatic heterocycles. The number of rotatable bonds is 1. The van der Waals surface area contributed by atoms with Gasteiger partial charge < -0.3 is 5.73 Å². The molecule has 2 heterocycles. The lowest BCUT2D eigenvalue weighted by molar-refractivity contribution is 0.849. The number of nitrogens with two attached hydrogens (primary N) is 1. The molecule has 4 heteroatoms. The van der Waals surface area contributed by atoms with Gasteiger partial charge in [-0.05, 0) is 24.6 Å². The van der Waals surface area contributed by atoms with Crippen LogP contribution in [0.15, 0.2) is 30.6 Å². The van der Waals surface area contributed by atoms with E-state index in [-0.39, 0.29) is 0 Å². The lowest BCUT2D eigenvalue weighted by atomic mass is 10.3. The Labute approximate surface area is 76.0 Å². The molecule has 0 fully saturated rings. The Balaban J connectivity index is 2.46. The summed E-state index contributed by atoms with van der Waals surface area (Å²) in [4.78, 5) is 4.17. The zero-order valence-electron chi connectivity index (χ0n) is 7.31. The second-order valence-electron chi connectivity index (χ2n) is 2.88. The molecule has 2 N–H and O–H groups in total. The minimum absolute atomic E-state index is 0.503. The van der Waals surface area contributed by atoms with Crippen LogP contribution in [0.2, 0.25) is 0 Å². The monoisotopic (exact) mass is 174 g/mol. The van der Waals surface area contributed by atoms with Crippen molar-refractivity contribution in [2.75, 3.05) is 5.73 Å². The van der Waals surface area contributed by atoms with E-state index in [2.05, 4.69) is 10.1 Å². The Kier molecular flexibility index (Phi) is 1.73. The molecule has 0 amide bonds. The largest absolute Gasteiger partial charge is 0.382 e. The van der Waals surface area contributed by atoms with E-state index in [1.54, 1.807) is 23.1 Å². The third kappa shape index (κ3) is 1.51. The summed E-state index contributed by atoms with van der Waals surface area (Å²) in [7, 11) is 0. The molecular weight excluding hydrogens is 164 g/mol. The Hall–Kier alpha value is -1.84. The van der Waals surface area contributed by atoms with Gasteiger partial charge in [-0.25, -0.2) is 9.67 Å². The number of hydrogen-bond acceptors (Lipinski definition) is 3. The fraction of sp³-hybridized carbons (Fsp3) is 0.111. The average molecular weight is 174 g/mol. The van der Waals surface area contributed by atoms with Crippen molar-refractivity contribution >= 4 is 5.82 Å². The van der Waals surface area contributed by atoms with Crippen LogP contribution in [0.4, 0.5) is 5.82 Å². The third-order valence-corrected chi connectivity index (χ3v) is 1.75. The van der Waals surface area contributed by atoms with Crippen molar-refractivity contribution in [1.82, 2.24) is 14.8 Å². The molecule has 0 unspecified atom stereocenters. The van der Waals surface area contributed by atoms with Crippen molar-refractivity contribution in [2.24, 2.45) is 0 Å². The molecule has 2 rings (SSSR count). The zero-order chi connectivity index (χ0) is 9.26. The number of anilines is 1. The Morgan fingerprint density at radius 1 is 1.38 bits per heavy atom. The van der Waals surface area contributed by atoms with E-state index in [1.165, 1.54) is 0 Å². The summed E-state index contributed by atoms with van der Waals surface area (Å²) < 4.78 is 1.66. The van der Waals surface area contributed by atoms with Gasteiger partial charge in [0.15, 0.2) is 5.82 Å². The van der Waals surface area contributed by atoms with Crippen LogP contribution in [0.5, 0.6) is 0 Å². The van der Waals surface area contributed by atoms with Gasteiger partial charge in [0.2, 0.25) is 0 Å². The van der Waals surface area contributed by atoms with Gasteiger partial charge in [-0.3, -0.25) is 0 Å². The quantitative estimate of drug-likeness (QED) is 0.705. The lowest BCUT2D eigenvalue weighted by Crippen LogP contribution is -1.98. The second kappa shape index (κ2) is 2.90. The third-order valence-electron chi connectivity index (χ3n) is 1.75. The van der Waals surface area contributed by atoms with Crippen LogP contribution in [-0.4, -0.2) is 14.8 Å². The van der Waals surface area contributed by atoms with Crippen molar-refractivity contribution in [1.29, 1.82) is 0 Å². The van der Waals surface area contributed by atoms with Crippen molar-refractivity contribution in [3.05, 3.63) is 36.2 Å². The molecule has 4 nitrogen and oxygen atoms in total. The topological polar surface area (TPSA) is 56.7 Å². The van der Waals surface area contributed by atoms with Crippen LogP contribution >= 0.6 is 0 Å². The normalized spacial score (nSPS) is 10.2. The molecule has 0 aliphatic rings. The summed E-state index contributed by atoms with van der Waals surface area (Å²) in [5.41, 5.74) is 6.65. The van der Waals surface area contributed by atoms with Crippen LogP contribution < -0.4 is 5.73 Å². The minimum Gasteiger partial charge on any atom is -0.382 e. The Bertz CT molecular complexity index is 419. The molecule has 0 aliphatic carbocycles. The summed E-state index contributed by atoms with van der Waals surface area (Å²) in [5, 5.41) is 4.05. The molecule has 0 aromatic carbocycles. The van der Waals surface area contributed by atoms with Crippen LogP contribution in [0, 0.1) is 6.92 Å². The molecule has 0 radical (unpaired) electrons. The number of nitrogen functional groups attached to an aromatic ring is 1. The maximum Gasteiger partial charge on any atom is 0.153 e. The molecule has 2 aromatic rings. The first-order valence-corrected chi connectivity index (χ1v) is 4.00. The summed E-state index contributed by atoms with van der Waals surface area (Å²) >= 11 is 0. The molecule has 0 saturated carbocycles. The maximum absolute atomic E-state index is 5.49. The van der Waals surface area contributed by atoms with Crippen LogP contribution in [-0.2, 0) is 0 Å². The smallest absolute Gasteiger partial charge is 0.153 e. The Morgan fingerprint density at radius 3 is 2.85 bits per heavy atom. The van der Waals surface area contributed by atoms with E-state index in [0.29, 0.717) is 5.82 Å². The zero-order valence-corrected chi connectivity index (χ0v) is 7.31. The fourth-order valence-corrected chi connectivity index (χ4v) is 1.11. The number of hydrogen-bond donors (Lipinski definition) is 1. The van der Waals surface area contributed by atoms with E-state index >= 15 is 0 Å². The van der Waals surface area contributed by atoms with Gasteiger partial charge >= 0.3 is 0 Å². The van der Waals surface area contributed by atoms with Gasteiger partial charge in [0.25, 0.3) is 0 Å². The van der Waals surface area contributed by atoms with Gasteiger partial charge in [-0.2, -0.15) is 0 Å². The van der Waals surface area contributed by atoms with E-state index in [4.69, 9.17) is 5.73 Å². The number of nitrogens with zero attached hydrogens (tertiary/aromatic N) is 3. The predicted octanol–water partition coefficient (Wildman–Crippen LogP) is 1.16. The highest BCUT2D eigenvalue weighted by atomic mass is 15.3. The number of aryl methyl sites for hydroxylation is 1. The highest BCUT2D eigenvalue weighted by Crippen LogP contribution is 2.06. The molecular formula is C9H10N4. The highest BCUT2D eigenvalue weighted by Gasteiger charge is 1.98. The minimum atomic E-state index is 0.503. The van der Waals surface area contributed by atoms with Gasteiger partial charge in [-0.15, -0.1) is 5.10 Å². The molecule has 13 heavy (non-hydrogen) atoms. The van der Waals surface area contributed by atoms with E-state index < -0.39 is 0 Å². The summed E-state index contributed by atoms with van der Waals surface area (Å²) in [6.45, 7) is 2.01. The summed E-state index contributed by atoms with van der Waals surface area (Å²) in [5.74, 6) is 1.29. The number of aromatic nitrogens is 3. The number of pyridine rings is 1. The van der Waals surface area contributed by atoms with Gasteiger partial charge in [0, 0.05) is 18.5 Å². The van der Waals surface area contributed by atoms with E-state index in [1.807, 2.05) is 19.1 Å². The molecule has 0 spiro atoms. The van der Waals surface area contributed by atoms with Crippen LogP contribution in [0.25, 0.3) is 5.82 Å². The average Bonchev–Trinajstić information content (AvgIpc) is 2.52. The van der Waals surface area contributed by atoms with E-state index in [0.717, 1.165) is 11.4 Å². The Morgan fingerprint density at radius 2 is 2.23 bits per heavy atom. The van der Waals surface area contributed by atoms with E-state index in [9.17, 15) is 0 Å². The summed E-state index contributed by atoms with van der Waals surface area (Å²) in [6, 6.07) is 5.63. The van der Waals surface area contributed by atoms with Gasteiger partial charge in [0.05, 0.1) is 0 Å². The first-order chi connectivity index (χ1) is 6.25. The highest BCUT2D eigenvalue weighted by molar-refractivity contribution is 5.31. The lowest BCUT2D eigenvalue weighted by Gasteiger charge is -1.99. The SMILES string of the molecule is Cc1ccnc(-n2ccc(N)n2)c1. The van der Waals surface area contributed by atoms with Crippen molar-refractivity contribution in [2.45, 2.75) is 6.92 Å². The standard InChI is InChI=1S/C9H10N4/c1-7-2-4-11-9(6-7)13-5-3-8(10)12-13/h2-6H,1H3,(H2,10,12). The second-order valence-corrected chi connectivity index (χ2v) is 2.88. The summed E-state index contributed by atoms with van der Waals surface area (Å²) in [6.07, 6.45) is 3.54. The molecule has 0 aliphatic heterocycles. The first-order valence-electron chi connectivity index (χ1n) is 4.00. The van der Waals surface area contributed by atoms with Gasteiger partial charge in [0.1, 0.15) is 5.82 Å². The van der Waals surface area contributed by atoms with Crippen molar-refractivity contribution in [3.63, 3.8) is 0 Å². The molecule has 0 atom stereocenters. The predicted molar refractivity (Wildman–Crippen MR) is 50.5 cm³/mol. The molecule has 0 saturated heterocycles. The fourth-order valence-electron chi connectivity index (χ4n) is 1.11. The van der Waals surface area contributed by atoms with Crippen molar-refractivity contribution in [3.8, 4) is 5.82 Å².